The van der Waals surface area contributed by atoms with Crippen LogP contribution in [-0.4, -0.2) is 37.0 Å². The summed E-state index contributed by atoms with van der Waals surface area (Å²) in [6.45, 7) is 11.9. The Morgan fingerprint density at radius 2 is 0.866 bits per heavy atom. The molecule has 2 aromatic heterocycles. The van der Waals surface area contributed by atoms with Crippen LogP contribution in [0, 0.1) is 16.9 Å². The Morgan fingerprint density at radius 3 is 1.41 bits per heavy atom. The van der Waals surface area contributed by atoms with Gasteiger partial charge in [0.05, 0.1) is 34.6 Å². The fraction of sp³-hybridized carbons (Fsp3) is 0.147. The van der Waals surface area contributed by atoms with Crippen LogP contribution in [-0.2, 0) is 20.1 Å². The second-order valence-electron chi connectivity index (χ2n) is 22.5. The maximum Gasteiger partial charge on any atom is 0.0873 e. The Labute approximate surface area is 497 Å². The first-order valence-corrected chi connectivity index (χ1v) is 27.8. The summed E-state index contributed by atoms with van der Waals surface area (Å²) in [5.74, 6) is 0. The summed E-state index contributed by atoms with van der Waals surface area (Å²) in [5.41, 5.74) is 17.2. The average Bonchev–Trinajstić information content (AvgIpc) is 3.36. The molecule has 12 aromatic rings. The minimum atomic E-state index is -0.443. The van der Waals surface area contributed by atoms with Crippen LogP contribution >= 0.6 is 0 Å². The maximum absolute atomic E-state index is 9.76. The number of aliphatic hydroxyl groups is 2. The van der Waals surface area contributed by atoms with Crippen molar-refractivity contribution in [2.45, 2.75) is 60.2 Å². The monoisotopic (exact) mass is 1250 g/mol. The van der Waals surface area contributed by atoms with Crippen LogP contribution in [0.2, 0.25) is 0 Å². The molecular formula is C75H69IrN4O2-. The van der Waals surface area contributed by atoms with E-state index in [4.69, 9.17) is 9.97 Å². The molecule has 0 bridgehead atoms. The van der Waals surface area contributed by atoms with Gasteiger partial charge in [0.1, 0.15) is 0 Å². The normalized spacial score (nSPS) is 12.0. The minimum absolute atomic E-state index is 0. The quantitative estimate of drug-likeness (QED) is 0.126. The number of anilines is 3. The van der Waals surface area contributed by atoms with Crippen LogP contribution < -0.4 is 4.90 Å². The first-order valence-electron chi connectivity index (χ1n) is 27.8. The molecule has 0 spiro atoms. The SMILES string of the molecule is CC(C)(C)C(O)CC(O)C(C)(C)C.[Ir].[c-]1ccccc1-c1ncc(-c2ccccc2)nc1-c1ccccc1.c1ccc(-c2ccc(N(c3ccccc3)c3ccc(-c4ccc5c(c4)c4ccccc4n5-c4ccccc4)cc3)cc2)cc1. The molecule has 12 rings (SSSR count). The molecule has 2 N–H and O–H groups in total. The molecule has 2 heterocycles. The van der Waals surface area contributed by atoms with Gasteiger partial charge >= 0.3 is 0 Å². The van der Waals surface area contributed by atoms with Gasteiger partial charge in [-0.3, -0.25) is 4.98 Å². The molecule has 6 nitrogen and oxygen atoms in total. The van der Waals surface area contributed by atoms with E-state index in [1.165, 1.54) is 49.7 Å². The molecule has 0 aliphatic rings. The average molecular weight is 1250 g/mol. The van der Waals surface area contributed by atoms with Gasteiger partial charge in [0.15, 0.2) is 0 Å². The Hall–Kier alpha value is -8.55. The number of aliphatic hydroxyl groups excluding tert-OH is 2. The van der Waals surface area contributed by atoms with E-state index < -0.39 is 12.2 Å². The second-order valence-corrected chi connectivity index (χ2v) is 22.5. The number of para-hydroxylation sites is 3. The van der Waals surface area contributed by atoms with Gasteiger partial charge in [0.2, 0.25) is 0 Å². The molecule has 1 radical (unpaired) electrons. The zero-order valence-corrected chi connectivity index (χ0v) is 49.8. The summed E-state index contributed by atoms with van der Waals surface area (Å²) < 4.78 is 2.36. The summed E-state index contributed by atoms with van der Waals surface area (Å²) in [7, 11) is 0. The van der Waals surface area contributed by atoms with Crippen LogP contribution in [0.25, 0.3) is 83.5 Å². The van der Waals surface area contributed by atoms with Gasteiger partial charge in [-0.15, -0.1) is 35.9 Å². The van der Waals surface area contributed by atoms with E-state index in [0.29, 0.717) is 6.42 Å². The van der Waals surface area contributed by atoms with E-state index in [-0.39, 0.29) is 30.9 Å². The number of hydrogen-bond acceptors (Lipinski definition) is 5. The minimum Gasteiger partial charge on any atom is -0.392 e. The van der Waals surface area contributed by atoms with Gasteiger partial charge < -0.3 is 24.7 Å². The fourth-order valence-electron chi connectivity index (χ4n) is 9.86. The Bertz CT molecular complexity index is 3900. The van der Waals surface area contributed by atoms with Gasteiger partial charge in [-0.2, -0.15) is 0 Å². The molecule has 2 atom stereocenters. The molecule has 7 heteroatoms. The molecule has 0 saturated heterocycles. The van der Waals surface area contributed by atoms with E-state index in [9.17, 15) is 10.2 Å². The van der Waals surface area contributed by atoms with Crippen molar-refractivity contribution in [3.8, 4) is 61.7 Å². The topological polar surface area (TPSA) is 74.4 Å². The largest absolute Gasteiger partial charge is 0.392 e. The number of fused-ring (bicyclic) bond motifs is 3. The molecule has 0 amide bonds. The third-order valence-corrected chi connectivity index (χ3v) is 14.7. The van der Waals surface area contributed by atoms with E-state index in [0.717, 1.165) is 50.8 Å². The number of rotatable bonds is 11. The smallest absolute Gasteiger partial charge is 0.0873 e. The van der Waals surface area contributed by atoms with Crippen molar-refractivity contribution in [3.63, 3.8) is 0 Å². The van der Waals surface area contributed by atoms with Crippen LogP contribution in [0.4, 0.5) is 17.1 Å². The van der Waals surface area contributed by atoms with Crippen molar-refractivity contribution in [1.29, 1.82) is 0 Å². The van der Waals surface area contributed by atoms with Gasteiger partial charge in [0, 0.05) is 77.5 Å². The van der Waals surface area contributed by atoms with Gasteiger partial charge in [-0.25, -0.2) is 0 Å². The van der Waals surface area contributed by atoms with Gasteiger partial charge in [-0.05, 0) is 105 Å². The number of hydrogen-bond donors (Lipinski definition) is 2. The standard InChI is InChI=1S/C42H30N2.C22H15N2.C11H24O2.Ir/c1-4-12-31(13-5-1)32-20-25-37(26-21-32)43(35-14-6-2-7-15-35)38-27-22-33(23-28-38)34-24-29-42-40(30-34)39-18-10-11-19-41(39)44(42)36-16-8-3-9-17-36;1-4-10-17(11-5-1)20-16-23-21(18-12-6-2-7-13-18)22(24-20)19-14-8-3-9-15-19;1-10(2,3)8(12)7-9(13)11(4,5)6;/h1-30H;1-12,14-16H;8-9,12-13H,7H2,1-6H3;/q;-1;;. The third-order valence-electron chi connectivity index (χ3n) is 14.7. The number of benzene rings is 10. The molecule has 0 aliphatic carbocycles. The fourth-order valence-corrected chi connectivity index (χ4v) is 9.86. The Morgan fingerprint density at radius 1 is 0.427 bits per heavy atom. The van der Waals surface area contributed by atoms with E-state index in [1.54, 1.807) is 0 Å². The van der Waals surface area contributed by atoms with Crippen LogP contribution in [0.1, 0.15) is 48.0 Å². The molecule has 2 unspecified atom stereocenters. The first kappa shape index (κ1) is 58.1. The van der Waals surface area contributed by atoms with Crippen molar-refractivity contribution in [2.75, 3.05) is 4.90 Å². The van der Waals surface area contributed by atoms with Crippen molar-refractivity contribution >= 4 is 38.9 Å². The van der Waals surface area contributed by atoms with E-state index >= 15 is 0 Å². The molecule has 82 heavy (non-hydrogen) atoms. The number of aromatic nitrogens is 3. The summed E-state index contributed by atoms with van der Waals surface area (Å²) in [4.78, 5) is 11.9. The maximum atomic E-state index is 9.76. The number of nitrogens with zero attached hydrogens (tertiary/aromatic N) is 4. The Balaban J connectivity index is 0.000000178. The zero-order chi connectivity index (χ0) is 56.3. The first-order chi connectivity index (χ1) is 39.3. The predicted molar refractivity (Wildman–Crippen MR) is 339 cm³/mol. The van der Waals surface area contributed by atoms with Gasteiger partial charge in [-0.1, -0.05) is 217 Å². The molecular weight excluding hydrogens is 1180 g/mol. The van der Waals surface area contributed by atoms with E-state index in [2.05, 4.69) is 210 Å². The van der Waals surface area contributed by atoms with Crippen LogP contribution in [0.5, 0.6) is 0 Å². The molecule has 0 saturated carbocycles. The molecule has 0 fully saturated rings. The summed E-state index contributed by atoms with van der Waals surface area (Å²) >= 11 is 0. The molecule has 10 aromatic carbocycles. The van der Waals surface area contributed by atoms with Crippen LogP contribution in [0.3, 0.4) is 0 Å². The van der Waals surface area contributed by atoms with E-state index in [1.807, 2.05) is 121 Å². The van der Waals surface area contributed by atoms with Crippen molar-refractivity contribution in [3.05, 3.63) is 279 Å². The summed E-state index contributed by atoms with van der Waals surface area (Å²) in [6, 6.07) is 96.4. The molecule has 411 valence electrons. The van der Waals surface area contributed by atoms with Gasteiger partial charge in [0.25, 0.3) is 0 Å². The molecule has 0 aliphatic heterocycles. The second kappa shape index (κ2) is 26.4. The van der Waals surface area contributed by atoms with Crippen LogP contribution in [0.15, 0.2) is 273 Å². The third kappa shape index (κ3) is 13.8. The van der Waals surface area contributed by atoms with Crippen molar-refractivity contribution < 1.29 is 30.3 Å². The summed E-state index contributed by atoms with van der Waals surface area (Å²) in [6.07, 6.45) is 1.40. The van der Waals surface area contributed by atoms with Crippen molar-refractivity contribution in [2.24, 2.45) is 10.8 Å². The summed E-state index contributed by atoms with van der Waals surface area (Å²) in [5, 5.41) is 22.0. The van der Waals surface area contributed by atoms with Crippen molar-refractivity contribution in [1.82, 2.24) is 14.5 Å². The Kier molecular flexibility index (Phi) is 18.7. The zero-order valence-electron chi connectivity index (χ0n) is 47.4. The predicted octanol–water partition coefficient (Wildman–Crippen LogP) is 19.1.